The number of thiophene rings is 1. The first-order valence-electron chi connectivity index (χ1n) is 6.01. The minimum atomic E-state index is -0.302. The van der Waals surface area contributed by atoms with Crippen molar-refractivity contribution in [2.75, 3.05) is 6.61 Å². The molecule has 1 N–H and O–H groups in total. The molecule has 0 saturated carbocycles. The molecule has 0 bridgehead atoms. The summed E-state index contributed by atoms with van der Waals surface area (Å²) in [5.41, 5.74) is 3.39. The maximum Gasteiger partial charge on any atom is 0.277 e. The predicted octanol–water partition coefficient (Wildman–Crippen LogP) is 4.11. The Morgan fingerprint density at radius 1 is 1.38 bits per heavy atom. The summed E-state index contributed by atoms with van der Waals surface area (Å²) in [6, 6.07) is 9.45. The van der Waals surface area contributed by atoms with Gasteiger partial charge in [-0.1, -0.05) is 15.9 Å². The molecule has 7 heteroatoms. The van der Waals surface area contributed by atoms with Crippen LogP contribution in [0.2, 0.25) is 0 Å². The lowest BCUT2D eigenvalue weighted by molar-refractivity contribution is -0.123. The van der Waals surface area contributed by atoms with Crippen molar-refractivity contribution in [2.24, 2.45) is 5.10 Å². The highest BCUT2D eigenvalue weighted by Gasteiger charge is 2.04. The van der Waals surface area contributed by atoms with Gasteiger partial charge in [-0.2, -0.15) is 5.10 Å². The van der Waals surface area contributed by atoms with Crippen molar-refractivity contribution in [3.63, 3.8) is 0 Å². The minimum absolute atomic E-state index is 0.0754. The summed E-state index contributed by atoms with van der Waals surface area (Å²) >= 11 is 8.27. The third-order valence-corrected chi connectivity index (χ3v) is 4.52. The molecule has 21 heavy (non-hydrogen) atoms. The molecule has 1 aromatic heterocycles. The van der Waals surface area contributed by atoms with Crippen LogP contribution in [0.15, 0.2) is 43.7 Å². The molecule has 1 aromatic carbocycles. The third-order valence-electron chi connectivity index (χ3n) is 2.47. The standard InChI is InChI=1S/C14H12Br2N2O2S/c1-9-6-10(15)2-4-12(9)20-8-14(19)18-17-7-11-3-5-13(16)21-11/h2-7H,8H2,1H3,(H,18,19). The number of ether oxygens (including phenoxy) is 1. The summed E-state index contributed by atoms with van der Waals surface area (Å²) in [6.45, 7) is 1.85. The number of hydrogen-bond donors (Lipinski definition) is 1. The number of hydrogen-bond acceptors (Lipinski definition) is 4. The summed E-state index contributed by atoms with van der Waals surface area (Å²) in [5.74, 6) is 0.378. The van der Waals surface area contributed by atoms with E-state index in [0.717, 1.165) is 18.7 Å². The molecule has 0 fully saturated rings. The lowest BCUT2D eigenvalue weighted by Crippen LogP contribution is -2.24. The molecule has 0 aliphatic heterocycles. The van der Waals surface area contributed by atoms with Crippen LogP contribution >= 0.6 is 43.2 Å². The van der Waals surface area contributed by atoms with Crippen LogP contribution in [0.25, 0.3) is 0 Å². The van der Waals surface area contributed by atoms with Gasteiger partial charge in [-0.05, 0) is 58.7 Å². The number of carbonyl (C=O) groups excluding carboxylic acids is 1. The van der Waals surface area contributed by atoms with Crippen LogP contribution in [0.5, 0.6) is 5.75 Å². The van der Waals surface area contributed by atoms with Crippen molar-refractivity contribution in [2.45, 2.75) is 6.92 Å². The monoisotopic (exact) mass is 430 g/mol. The van der Waals surface area contributed by atoms with Crippen LogP contribution in [0.3, 0.4) is 0 Å². The lowest BCUT2D eigenvalue weighted by Gasteiger charge is -2.08. The molecule has 0 saturated heterocycles. The van der Waals surface area contributed by atoms with E-state index >= 15 is 0 Å². The van der Waals surface area contributed by atoms with E-state index in [0.29, 0.717) is 5.75 Å². The van der Waals surface area contributed by atoms with E-state index in [1.165, 1.54) is 11.3 Å². The van der Waals surface area contributed by atoms with Crippen LogP contribution in [0.1, 0.15) is 10.4 Å². The van der Waals surface area contributed by atoms with Crippen molar-refractivity contribution >= 4 is 55.3 Å². The molecule has 0 atom stereocenters. The van der Waals surface area contributed by atoms with Gasteiger partial charge in [0.25, 0.3) is 5.91 Å². The zero-order valence-electron chi connectivity index (χ0n) is 11.1. The Labute approximate surface area is 143 Å². The van der Waals surface area contributed by atoms with Crippen LogP contribution in [-0.4, -0.2) is 18.7 Å². The van der Waals surface area contributed by atoms with Crippen LogP contribution in [0, 0.1) is 6.92 Å². The van der Waals surface area contributed by atoms with E-state index in [1.807, 2.05) is 37.3 Å². The van der Waals surface area contributed by atoms with E-state index in [-0.39, 0.29) is 12.5 Å². The number of halogens is 2. The van der Waals surface area contributed by atoms with E-state index < -0.39 is 0 Å². The smallest absolute Gasteiger partial charge is 0.277 e. The highest BCUT2D eigenvalue weighted by molar-refractivity contribution is 9.11. The summed E-state index contributed by atoms with van der Waals surface area (Å²) in [7, 11) is 0. The molecule has 1 amide bonds. The molecular weight excluding hydrogens is 420 g/mol. The van der Waals surface area contributed by atoms with Crippen molar-refractivity contribution in [1.29, 1.82) is 0 Å². The Morgan fingerprint density at radius 3 is 2.86 bits per heavy atom. The molecule has 2 rings (SSSR count). The number of nitrogens with zero attached hydrogens (tertiary/aromatic N) is 1. The van der Waals surface area contributed by atoms with Crippen molar-refractivity contribution in [3.05, 3.63) is 49.0 Å². The van der Waals surface area contributed by atoms with Gasteiger partial charge in [0.05, 0.1) is 10.0 Å². The van der Waals surface area contributed by atoms with E-state index in [9.17, 15) is 4.79 Å². The first-order valence-corrected chi connectivity index (χ1v) is 8.41. The van der Waals surface area contributed by atoms with Gasteiger partial charge >= 0.3 is 0 Å². The molecule has 0 spiro atoms. The molecule has 2 aromatic rings. The SMILES string of the molecule is Cc1cc(Br)ccc1OCC(=O)NN=Cc1ccc(Br)s1. The second-order valence-electron chi connectivity index (χ2n) is 4.13. The Balaban J connectivity index is 1.81. The first kappa shape index (κ1) is 16.2. The van der Waals surface area contributed by atoms with Gasteiger partial charge < -0.3 is 4.74 Å². The topological polar surface area (TPSA) is 50.7 Å². The Bertz CT molecular complexity index is 671. The second kappa shape index (κ2) is 7.72. The Kier molecular flexibility index (Phi) is 5.96. The van der Waals surface area contributed by atoms with Gasteiger partial charge in [0.15, 0.2) is 6.61 Å². The second-order valence-corrected chi connectivity index (χ2v) is 7.54. The average molecular weight is 432 g/mol. The maximum absolute atomic E-state index is 11.6. The van der Waals surface area contributed by atoms with Gasteiger partial charge in [0, 0.05) is 9.35 Å². The molecule has 0 aliphatic carbocycles. The largest absolute Gasteiger partial charge is 0.483 e. The maximum atomic E-state index is 11.6. The van der Waals surface area contributed by atoms with Gasteiger partial charge in [-0.15, -0.1) is 11.3 Å². The van der Waals surface area contributed by atoms with Crippen LogP contribution < -0.4 is 10.2 Å². The minimum Gasteiger partial charge on any atom is -0.483 e. The van der Waals surface area contributed by atoms with Gasteiger partial charge in [-0.25, -0.2) is 5.43 Å². The number of carbonyl (C=O) groups is 1. The van der Waals surface area contributed by atoms with E-state index in [4.69, 9.17) is 4.74 Å². The molecule has 110 valence electrons. The molecular formula is C14H12Br2N2O2S. The highest BCUT2D eigenvalue weighted by atomic mass is 79.9. The Hall–Kier alpha value is -1.18. The fourth-order valence-corrected chi connectivity index (χ4v) is 3.29. The molecule has 1 heterocycles. The summed E-state index contributed by atoms with van der Waals surface area (Å²) in [5, 5.41) is 3.88. The summed E-state index contributed by atoms with van der Waals surface area (Å²) < 4.78 is 7.44. The van der Waals surface area contributed by atoms with Crippen molar-refractivity contribution in [1.82, 2.24) is 5.43 Å². The van der Waals surface area contributed by atoms with Crippen molar-refractivity contribution < 1.29 is 9.53 Å². The predicted molar refractivity (Wildman–Crippen MR) is 92.1 cm³/mol. The fraction of sp³-hybridized carbons (Fsp3) is 0.143. The number of nitrogens with one attached hydrogen (secondary N) is 1. The van der Waals surface area contributed by atoms with Gasteiger partial charge in [-0.3, -0.25) is 4.79 Å². The normalized spacial score (nSPS) is 10.8. The zero-order chi connectivity index (χ0) is 15.2. The average Bonchev–Trinajstić information content (AvgIpc) is 2.83. The molecule has 0 unspecified atom stereocenters. The van der Waals surface area contributed by atoms with E-state index in [1.54, 1.807) is 6.21 Å². The summed E-state index contributed by atoms with van der Waals surface area (Å²) in [4.78, 5) is 12.6. The van der Waals surface area contributed by atoms with Gasteiger partial charge in [0.2, 0.25) is 0 Å². The van der Waals surface area contributed by atoms with Gasteiger partial charge in [0.1, 0.15) is 5.75 Å². The zero-order valence-corrected chi connectivity index (χ0v) is 15.1. The number of rotatable bonds is 5. The Morgan fingerprint density at radius 2 is 2.19 bits per heavy atom. The highest BCUT2D eigenvalue weighted by Crippen LogP contribution is 2.22. The first-order chi connectivity index (χ1) is 10.0. The third kappa shape index (κ3) is 5.26. The summed E-state index contributed by atoms with van der Waals surface area (Å²) in [6.07, 6.45) is 1.60. The number of hydrazone groups is 1. The lowest BCUT2D eigenvalue weighted by atomic mass is 10.2. The number of amides is 1. The quantitative estimate of drug-likeness (QED) is 0.572. The van der Waals surface area contributed by atoms with E-state index in [2.05, 4.69) is 42.4 Å². The number of benzene rings is 1. The molecule has 4 nitrogen and oxygen atoms in total. The fourth-order valence-electron chi connectivity index (χ4n) is 1.52. The molecule has 0 aliphatic rings. The van der Waals surface area contributed by atoms with Crippen LogP contribution in [0.4, 0.5) is 0 Å². The molecule has 0 radical (unpaired) electrons. The number of aryl methyl sites for hydroxylation is 1. The van der Waals surface area contributed by atoms with Crippen LogP contribution in [-0.2, 0) is 4.79 Å². The van der Waals surface area contributed by atoms with Crippen molar-refractivity contribution in [3.8, 4) is 5.75 Å².